The molecule has 1 aliphatic rings. The van der Waals surface area contributed by atoms with E-state index in [9.17, 15) is 27.9 Å². The second kappa shape index (κ2) is 7.75. The Morgan fingerprint density at radius 2 is 1.89 bits per heavy atom. The minimum absolute atomic E-state index is 0.0778. The first kappa shape index (κ1) is 20.1. The second-order valence-corrected chi connectivity index (χ2v) is 7.67. The summed E-state index contributed by atoms with van der Waals surface area (Å²) in [6.45, 7) is 0.309. The number of anilines is 1. The maximum absolute atomic E-state index is 12.8. The third kappa shape index (κ3) is 4.59. The zero-order chi connectivity index (χ0) is 20.5. The number of benzene rings is 2. The molecule has 0 unspecified atom stereocenters. The van der Waals surface area contributed by atoms with E-state index in [0.717, 1.165) is 29.5 Å². The molecule has 2 amide bonds. The van der Waals surface area contributed by atoms with E-state index in [0.29, 0.717) is 11.4 Å². The maximum Gasteiger partial charge on any atom is 0.416 e. The van der Waals surface area contributed by atoms with Gasteiger partial charge < -0.3 is 15.3 Å². The van der Waals surface area contributed by atoms with Crippen LogP contribution in [0.1, 0.15) is 17.5 Å². The monoisotopic (exact) mass is 410 g/mol. The van der Waals surface area contributed by atoms with E-state index in [4.69, 9.17) is 0 Å². The molecule has 0 bridgehead atoms. The molecular formula is C19H17F3N2O3S. The Morgan fingerprint density at radius 3 is 2.54 bits per heavy atom. The Kier molecular flexibility index (Phi) is 5.55. The zero-order valence-electron chi connectivity index (χ0n) is 14.8. The van der Waals surface area contributed by atoms with Crippen molar-refractivity contribution in [3.8, 4) is 5.75 Å². The molecule has 0 aromatic heterocycles. The van der Waals surface area contributed by atoms with E-state index in [1.807, 2.05) is 0 Å². The van der Waals surface area contributed by atoms with Crippen molar-refractivity contribution in [2.45, 2.75) is 29.3 Å². The van der Waals surface area contributed by atoms with E-state index in [1.165, 1.54) is 23.1 Å². The van der Waals surface area contributed by atoms with E-state index >= 15 is 0 Å². The van der Waals surface area contributed by atoms with Crippen molar-refractivity contribution in [1.29, 1.82) is 0 Å². The van der Waals surface area contributed by atoms with Crippen molar-refractivity contribution < 1.29 is 27.9 Å². The fourth-order valence-corrected chi connectivity index (χ4v) is 3.82. The highest BCUT2D eigenvalue weighted by Crippen LogP contribution is 2.40. The predicted molar refractivity (Wildman–Crippen MR) is 98.9 cm³/mol. The lowest BCUT2D eigenvalue weighted by Crippen LogP contribution is -2.35. The molecule has 2 aromatic rings. The van der Waals surface area contributed by atoms with Gasteiger partial charge in [-0.3, -0.25) is 9.59 Å². The number of phenolic OH excluding ortho intramolecular Hbond substituents is 1. The largest absolute Gasteiger partial charge is 0.508 e. The number of nitrogens with zero attached hydrogens (tertiary/aromatic N) is 1. The Bertz CT molecular complexity index is 900. The highest BCUT2D eigenvalue weighted by molar-refractivity contribution is 8.01. The number of fused-ring (bicyclic) bond motifs is 1. The lowest BCUT2D eigenvalue weighted by atomic mass is 10.1. The van der Waals surface area contributed by atoms with Gasteiger partial charge in [0.25, 0.3) is 0 Å². The van der Waals surface area contributed by atoms with Gasteiger partial charge in [-0.1, -0.05) is 12.1 Å². The van der Waals surface area contributed by atoms with Crippen molar-refractivity contribution in [1.82, 2.24) is 4.90 Å². The summed E-state index contributed by atoms with van der Waals surface area (Å²) >= 11 is 1.08. The molecular weight excluding hydrogens is 393 g/mol. The van der Waals surface area contributed by atoms with Gasteiger partial charge in [0.05, 0.1) is 16.5 Å². The number of halogens is 3. The number of aromatic hydroxyl groups is 1. The van der Waals surface area contributed by atoms with Gasteiger partial charge in [0, 0.05) is 24.9 Å². The van der Waals surface area contributed by atoms with Crippen LogP contribution in [-0.2, 0) is 22.3 Å². The van der Waals surface area contributed by atoms with Crippen LogP contribution in [0.5, 0.6) is 5.75 Å². The number of phenols is 1. The van der Waals surface area contributed by atoms with Crippen LogP contribution in [0.25, 0.3) is 0 Å². The van der Waals surface area contributed by atoms with Crippen LogP contribution in [0, 0.1) is 0 Å². The molecule has 1 aliphatic heterocycles. The summed E-state index contributed by atoms with van der Waals surface area (Å²) in [6.07, 6.45) is -4.57. The van der Waals surface area contributed by atoms with E-state index in [2.05, 4.69) is 5.32 Å². The molecule has 0 radical (unpaired) electrons. The predicted octanol–water partition coefficient (Wildman–Crippen LogP) is 3.87. The van der Waals surface area contributed by atoms with E-state index in [1.54, 1.807) is 19.2 Å². The summed E-state index contributed by atoms with van der Waals surface area (Å²) in [5.41, 5.74) is 0.0840. The number of nitrogens with one attached hydrogen (secondary N) is 1. The molecule has 0 saturated carbocycles. The third-order valence-corrected chi connectivity index (χ3v) is 5.54. The summed E-state index contributed by atoms with van der Waals surface area (Å²) < 4.78 is 38.4. The van der Waals surface area contributed by atoms with Gasteiger partial charge in [0.1, 0.15) is 5.75 Å². The number of alkyl halides is 3. The minimum Gasteiger partial charge on any atom is -0.508 e. The number of thioether (sulfide) groups is 1. The van der Waals surface area contributed by atoms with Gasteiger partial charge in [-0.15, -0.1) is 11.8 Å². The van der Waals surface area contributed by atoms with Gasteiger partial charge in [-0.05, 0) is 35.9 Å². The molecule has 2 N–H and O–H groups in total. The summed E-state index contributed by atoms with van der Waals surface area (Å²) in [6, 6.07) is 9.58. The third-order valence-electron chi connectivity index (χ3n) is 4.27. The lowest BCUT2D eigenvalue weighted by Gasteiger charge is -2.26. The number of carbonyl (C=O) groups excluding carboxylic acids is 2. The molecule has 28 heavy (non-hydrogen) atoms. The fourth-order valence-electron chi connectivity index (χ4n) is 2.74. The number of hydrogen-bond acceptors (Lipinski definition) is 4. The molecule has 0 spiro atoms. The SMILES string of the molecule is CN(Cc1ccc(O)cc1)C(=O)C[C@@H]1Sc2ccc(C(F)(F)F)cc2NC1=O. The quantitative estimate of drug-likeness (QED) is 0.803. The minimum atomic E-state index is -4.49. The summed E-state index contributed by atoms with van der Waals surface area (Å²) in [5, 5.41) is 11.0. The van der Waals surface area contributed by atoms with Gasteiger partial charge in [0.2, 0.25) is 11.8 Å². The molecule has 1 heterocycles. The first-order valence-corrected chi connectivity index (χ1v) is 9.22. The van der Waals surface area contributed by atoms with Crippen molar-refractivity contribution in [3.63, 3.8) is 0 Å². The normalized spacial score (nSPS) is 16.3. The van der Waals surface area contributed by atoms with Gasteiger partial charge in [-0.25, -0.2) is 0 Å². The number of hydrogen-bond donors (Lipinski definition) is 2. The standard InChI is InChI=1S/C19H17F3N2O3S/c1-24(10-11-2-5-13(25)6-3-11)17(26)9-16-18(27)23-14-8-12(19(20,21)22)4-7-15(14)28-16/h2-8,16,25H,9-10H2,1H3,(H,23,27)/t16-/m0/s1. The topological polar surface area (TPSA) is 69.6 Å². The Balaban J connectivity index is 1.65. The highest BCUT2D eigenvalue weighted by atomic mass is 32.2. The Hall–Kier alpha value is -2.68. The van der Waals surface area contributed by atoms with Crippen molar-refractivity contribution in [3.05, 3.63) is 53.6 Å². The molecule has 3 rings (SSSR count). The van der Waals surface area contributed by atoms with Crippen molar-refractivity contribution >= 4 is 29.3 Å². The number of rotatable bonds is 4. The molecule has 0 fully saturated rings. The van der Waals surface area contributed by atoms with Gasteiger partial charge in [0.15, 0.2) is 0 Å². The molecule has 148 valence electrons. The van der Waals surface area contributed by atoms with Gasteiger partial charge >= 0.3 is 6.18 Å². The van der Waals surface area contributed by atoms with Crippen molar-refractivity contribution in [2.75, 3.05) is 12.4 Å². The first-order valence-electron chi connectivity index (χ1n) is 8.34. The van der Waals surface area contributed by atoms with Crippen LogP contribution in [-0.4, -0.2) is 34.1 Å². The van der Waals surface area contributed by atoms with E-state index < -0.39 is 22.9 Å². The summed E-state index contributed by atoms with van der Waals surface area (Å²) in [4.78, 5) is 26.7. The molecule has 1 atom stereocenters. The van der Waals surface area contributed by atoms with Gasteiger partial charge in [-0.2, -0.15) is 13.2 Å². The fraction of sp³-hybridized carbons (Fsp3) is 0.263. The van der Waals surface area contributed by atoms with Crippen LogP contribution < -0.4 is 5.32 Å². The summed E-state index contributed by atoms with van der Waals surface area (Å²) in [5.74, 6) is -0.639. The lowest BCUT2D eigenvalue weighted by molar-refractivity contribution is -0.137. The van der Waals surface area contributed by atoms with E-state index in [-0.39, 0.29) is 23.8 Å². The summed E-state index contributed by atoms with van der Waals surface area (Å²) in [7, 11) is 1.60. The number of amides is 2. The molecule has 0 saturated heterocycles. The average Bonchev–Trinajstić information content (AvgIpc) is 2.63. The van der Waals surface area contributed by atoms with Crippen LogP contribution in [0.15, 0.2) is 47.4 Å². The Labute approximate surface area is 163 Å². The highest BCUT2D eigenvalue weighted by Gasteiger charge is 2.34. The smallest absolute Gasteiger partial charge is 0.416 e. The zero-order valence-corrected chi connectivity index (χ0v) is 15.6. The molecule has 9 heteroatoms. The number of carbonyl (C=O) groups is 2. The first-order chi connectivity index (χ1) is 13.1. The Morgan fingerprint density at radius 1 is 1.21 bits per heavy atom. The molecule has 0 aliphatic carbocycles. The maximum atomic E-state index is 12.8. The van der Waals surface area contributed by atoms with Crippen molar-refractivity contribution in [2.24, 2.45) is 0 Å². The van der Waals surface area contributed by atoms with Crippen LogP contribution >= 0.6 is 11.8 Å². The van der Waals surface area contributed by atoms with Crippen LogP contribution in [0.3, 0.4) is 0 Å². The molecule has 2 aromatic carbocycles. The van der Waals surface area contributed by atoms with Crippen LogP contribution in [0.4, 0.5) is 18.9 Å². The average molecular weight is 410 g/mol. The second-order valence-electron chi connectivity index (χ2n) is 6.42. The van der Waals surface area contributed by atoms with Crippen LogP contribution in [0.2, 0.25) is 0 Å². The molecule has 5 nitrogen and oxygen atoms in total.